The summed E-state index contributed by atoms with van der Waals surface area (Å²) in [6.07, 6.45) is 4.51. The number of amides is 3. The summed E-state index contributed by atoms with van der Waals surface area (Å²) in [5.41, 5.74) is 6.20. The molecule has 7 nitrogen and oxygen atoms in total. The summed E-state index contributed by atoms with van der Waals surface area (Å²) < 4.78 is 5.05. The lowest BCUT2D eigenvalue weighted by Crippen LogP contribution is -2.48. The lowest BCUT2D eigenvalue weighted by Gasteiger charge is -2.15. The molecule has 0 aliphatic heterocycles. The number of rotatable bonds is 8. The molecule has 2 aromatic rings. The molecule has 3 amide bonds. The van der Waals surface area contributed by atoms with Gasteiger partial charge in [-0.3, -0.25) is 14.4 Å². The molecule has 0 fully saturated rings. The van der Waals surface area contributed by atoms with Gasteiger partial charge in [0.1, 0.15) is 11.8 Å². The third-order valence-electron chi connectivity index (χ3n) is 3.33. The molecule has 0 saturated carbocycles. The van der Waals surface area contributed by atoms with Crippen LogP contribution < -0.4 is 16.4 Å². The van der Waals surface area contributed by atoms with Crippen LogP contribution in [0.3, 0.4) is 0 Å². The minimum absolute atomic E-state index is 0.264. The Morgan fingerprint density at radius 1 is 1.12 bits per heavy atom. The summed E-state index contributed by atoms with van der Waals surface area (Å²) in [7, 11) is 0. The first-order chi connectivity index (χ1) is 12.0. The lowest BCUT2D eigenvalue weighted by molar-refractivity contribution is -0.127. The highest BCUT2D eigenvalue weighted by Gasteiger charge is 2.18. The SMILES string of the molecule is NC(=O)[C@H](Cc1ccccc1)NC(=O)CNC(=O)/C=C/c1ccco1. The van der Waals surface area contributed by atoms with E-state index in [4.69, 9.17) is 10.2 Å². The highest BCUT2D eigenvalue weighted by Crippen LogP contribution is 2.03. The topological polar surface area (TPSA) is 114 Å². The van der Waals surface area contributed by atoms with Crippen molar-refractivity contribution in [3.05, 3.63) is 66.1 Å². The van der Waals surface area contributed by atoms with Crippen molar-refractivity contribution in [1.29, 1.82) is 0 Å². The van der Waals surface area contributed by atoms with Crippen LogP contribution in [0.25, 0.3) is 6.08 Å². The van der Waals surface area contributed by atoms with Crippen molar-refractivity contribution >= 4 is 23.8 Å². The van der Waals surface area contributed by atoms with Crippen LogP contribution in [-0.2, 0) is 20.8 Å². The van der Waals surface area contributed by atoms with Gasteiger partial charge in [0.2, 0.25) is 17.7 Å². The van der Waals surface area contributed by atoms with Gasteiger partial charge in [0, 0.05) is 12.5 Å². The van der Waals surface area contributed by atoms with Gasteiger partial charge in [0.25, 0.3) is 0 Å². The number of nitrogens with two attached hydrogens (primary N) is 1. The summed E-state index contributed by atoms with van der Waals surface area (Å²) >= 11 is 0. The molecule has 25 heavy (non-hydrogen) atoms. The predicted octanol–water partition coefficient (Wildman–Crippen LogP) is 0.622. The van der Waals surface area contributed by atoms with Crippen LogP contribution in [0, 0.1) is 0 Å². The van der Waals surface area contributed by atoms with Crippen molar-refractivity contribution in [2.75, 3.05) is 6.54 Å². The molecule has 1 atom stereocenters. The van der Waals surface area contributed by atoms with E-state index in [1.54, 1.807) is 12.1 Å². The molecule has 2 rings (SSSR count). The van der Waals surface area contributed by atoms with E-state index in [9.17, 15) is 14.4 Å². The van der Waals surface area contributed by atoms with Crippen LogP contribution in [-0.4, -0.2) is 30.3 Å². The van der Waals surface area contributed by atoms with Crippen molar-refractivity contribution in [2.45, 2.75) is 12.5 Å². The molecule has 0 bridgehead atoms. The Balaban J connectivity index is 1.80. The van der Waals surface area contributed by atoms with Crippen LogP contribution in [0.1, 0.15) is 11.3 Å². The first-order valence-electron chi connectivity index (χ1n) is 7.66. The third-order valence-corrected chi connectivity index (χ3v) is 3.33. The monoisotopic (exact) mass is 341 g/mol. The number of hydrogen-bond acceptors (Lipinski definition) is 4. The molecule has 0 aliphatic rings. The minimum Gasteiger partial charge on any atom is -0.465 e. The van der Waals surface area contributed by atoms with Crippen molar-refractivity contribution in [3.8, 4) is 0 Å². The highest BCUT2D eigenvalue weighted by atomic mass is 16.3. The van der Waals surface area contributed by atoms with Gasteiger partial charge in [-0.05, 0) is 23.8 Å². The normalized spacial score (nSPS) is 11.8. The van der Waals surface area contributed by atoms with Gasteiger partial charge in [0.15, 0.2) is 0 Å². The zero-order valence-electron chi connectivity index (χ0n) is 13.5. The smallest absolute Gasteiger partial charge is 0.244 e. The molecule has 1 heterocycles. The Bertz CT molecular complexity index is 739. The first kappa shape index (κ1) is 18.0. The molecular formula is C18H19N3O4. The fourth-order valence-corrected chi connectivity index (χ4v) is 2.09. The lowest BCUT2D eigenvalue weighted by atomic mass is 10.1. The van der Waals surface area contributed by atoms with Crippen molar-refractivity contribution in [1.82, 2.24) is 10.6 Å². The van der Waals surface area contributed by atoms with Crippen molar-refractivity contribution in [2.24, 2.45) is 5.73 Å². The fourth-order valence-electron chi connectivity index (χ4n) is 2.09. The van der Waals surface area contributed by atoms with E-state index in [0.29, 0.717) is 5.76 Å². The van der Waals surface area contributed by atoms with E-state index < -0.39 is 23.8 Å². The van der Waals surface area contributed by atoms with Gasteiger partial charge in [-0.2, -0.15) is 0 Å². The van der Waals surface area contributed by atoms with Gasteiger partial charge in [-0.25, -0.2) is 0 Å². The molecule has 0 aliphatic carbocycles. The maximum absolute atomic E-state index is 11.9. The second-order valence-corrected chi connectivity index (χ2v) is 5.28. The van der Waals surface area contributed by atoms with Crippen molar-refractivity contribution < 1.29 is 18.8 Å². The number of furan rings is 1. The second kappa shape index (κ2) is 9.07. The molecule has 0 saturated heterocycles. The molecule has 0 spiro atoms. The Labute approximate surface area is 144 Å². The maximum Gasteiger partial charge on any atom is 0.244 e. The quantitative estimate of drug-likeness (QED) is 0.611. The molecule has 0 unspecified atom stereocenters. The summed E-state index contributed by atoms with van der Waals surface area (Å²) in [5.74, 6) is -1.07. The van der Waals surface area contributed by atoms with Gasteiger partial charge < -0.3 is 20.8 Å². The zero-order valence-corrected chi connectivity index (χ0v) is 13.5. The molecule has 0 radical (unpaired) electrons. The number of benzene rings is 1. The summed E-state index contributed by atoms with van der Waals surface area (Å²) in [6.45, 7) is -0.264. The molecule has 7 heteroatoms. The molecule has 1 aromatic heterocycles. The Hall–Kier alpha value is -3.35. The Morgan fingerprint density at radius 3 is 2.52 bits per heavy atom. The average Bonchev–Trinajstić information content (AvgIpc) is 3.12. The minimum atomic E-state index is -0.842. The summed E-state index contributed by atoms with van der Waals surface area (Å²) in [6, 6.07) is 11.7. The number of nitrogens with one attached hydrogen (secondary N) is 2. The third kappa shape index (κ3) is 6.34. The van der Waals surface area contributed by atoms with Gasteiger partial charge in [-0.1, -0.05) is 30.3 Å². The first-order valence-corrected chi connectivity index (χ1v) is 7.66. The Kier molecular flexibility index (Phi) is 6.53. The number of carbonyl (C=O) groups excluding carboxylic acids is 3. The summed E-state index contributed by atoms with van der Waals surface area (Å²) in [4.78, 5) is 35.1. The van der Waals surface area contributed by atoms with Crippen molar-refractivity contribution in [3.63, 3.8) is 0 Å². The van der Waals surface area contributed by atoms with Gasteiger partial charge in [0.05, 0.1) is 12.8 Å². The van der Waals surface area contributed by atoms with E-state index in [1.165, 1.54) is 18.4 Å². The number of primary amides is 1. The van der Waals surface area contributed by atoms with E-state index in [0.717, 1.165) is 5.56 Å². The predicted molar refractivity (Wildman–Crippen MR) is 92.0 cm³/mol. The Morgan fingerprint density at radius 2 is 1.88 bits per heavy atom. The number of hydrogen-bond donors (Lipinski definition) is 3. The molecular weight excluding hydrogens is 322 g/mol. The largest absolute Gasteiger partial charge is 0.465 e. The summed E-state index contributed by atoms with van der Waals surface area (Å²) in [5, 5.41) is 4.94. The standard InChI is InChI=1S/C18H19N3O4/c19-18(24)15(11-13-5-2-1-3-6-13)21-17(23)12-20-16(22)9-8-14-7-4-10-25-14/h1-10,15H,11-12H2,(H2,19,24)(H,20,22)(H,21,23)/b9-8+/t15-/m0/s1. The average molecular weight is 341 g/mol. The van der Waals surface area contributed by atoms with Gasteiger partial charge in [-0.15, -0.1) is 0 Å². The maximum atomic E-state index is 11.9. The van der Waals surface area contributed by atoms with Crippen LogP contribution >= 0.6 is 0 Å². The van der Waals surface area contributed by atoms with E-state index in [2.05, 4.69) is 10.6 Å². The fraction of sp³-hybridized carbons (Fsp3) is 0.167. The molecule has 4 N–H and O–H groups in total. The van der Waals surface area contributed by atoms with Gasteiger partial charge >= 0.3 is 0 Å². The number of carbonyl (C=O) groups is 3. The van der Waals surface area contributed by atoms with E-state index in [1.807, 2.05) is 30.3 Å². The van der Waals surface area contributed by atoms with Crippen LogP contribution in [0.5, 0.6) is 0 Å². The highest BCUT2D eigenvalue weighted by molar-refractivity contribution is 5.95. The van der Waals surface area contributed by atoms with E-state index in [-0.39, 0.29) is 13.0 Å². The zero-order chi connectivity index (χ0) is 18.1. The molecule has 130 valence electrons. The van der Waals surface area contributed by atoms with Crippen LogP contribution in [0.15, 0.2) is 59.2 Å². The molecule has 1 aromatic carbocycles. The van der Waals surface area contributed by atoms with E-state index >= 15 is 0 Å². The second-order valence-electron chi connectivity index (χ2n) is 5.28. The van der Waals surface area contributed by atoms with Crippen LogP contribution in [0.2, 0.25) is 0 Å². The van der Waals surface area contributed by atoms with Crippen LogP contribution in [0.4, 0.5) is 0 Å².